The van der Waals surface area contributed by atoms with Gasteiger partial charge in [0, 0.05) is 23.6 Å². The molecule has 0 unspecified atom stereocenters. The van der Waals surface area contributed by atoms with Crippen molar-refractivity contribution >= 4 is 33.9 Å². The van der Waals surface area contributed by atoms with E-state index in [2.05, 4.69) is 4.98 Å². The molecule has 4 aromatic rings. The van der Waals surface area contributed by atoms with Gasteiger partial charge in [0.15, 0.2) is 17.3 Å². The van der Waals surface area contributed by atoms with E-state index in [1.165, 1.54) is 29.4 Å². The minimum absolute atomic E-state index is 0.00999. The fourth-order valence-electron chi connectivity index (χ4n) is 4.60. The first-order valence-corrected chi connectivity index (χ1v) is 12.1. The molecule has 2 aromatic carbocycles. The van der Waals surface area contributed by atoms with Crippen molar-refractivity contribution < 1.29 is 29.3 Å². The lowest BCUT2D eigenvalue weighted by Gasteiger charge is -2.27. The molecule has 3 N–H and O–H groups in total. The summed E-state index contributed by atoms with van der Waals surface area (Å²) in [6.45, 7) is 0.238. The van der Waals surface area contributed by atoms with Gasteiger partial charge in [-0.2, -0.15) is 0 Å². The number of Topliss-reactive ketones (excluding diaryl/α,β-unsaturated/α-hetero) is 1. The number of ketones is 1. The van der Waals surface area contributed by atoms with E-state index in [1.54, 1.807) is 36.8 Å². The number of aliphatic hydroxyl groups excluding tert-OH is 1. The minimum Gasteiger partial charge on any atom is -0.504 e. The van der Waals surface area contributed by atoms with Crippen LogP contribution in [0.25, 0.3) is 10.9 Å². The van der Waals surface area contributed by atoms with Gasteiger partial charge >= 0.3 is 0 Å². The minimum atomic E-state index is -0.846. The van der Waals surface area contributed by atoms with E-state index in [0.29, 0.717) is 16.9 Å². The number of ether oxygens (including phenoxy) is 2. The quantitative estimate of drug-likeness (QED) is 0.298. The van der Waals surface area contributed by atoms with Gasteiger partial charge in [0.05, 0.1) is 30.7 Å². The zero-order valence-electron chi connectivity index (χ0n) is 19.6. The van der Waals surface area contributed by atoms with E-state index in [0.717, 1.165) is 22.2 Å². The molecule has 0 bridgehead atoms. The number of amides is 1. The summed E-state index contributed by atoms with van der Waals surface area (Å²) in [5.41, 5.74) is 2.46. The number of carbonyl (C=O) groups is 2. The summed E-state index contributed by atoms with van der Waals surface area (Å²) < 4.78 is 10.6. The first kappa shape index (κ1) is 23.5. The smallest absolute Gasteiger partial charge is 0.290 e. The van der Waals surface area contributed by atoms with Crippen molar-refractivity contribution in [3.63, 3.8) is 0 Å². The number of aliphatic hydroxyl groups is 1. The second-order valence-electron chi connectivity index (χ2n) is 8.38. The van der Waals surface area contributed by atoms with Crippen molar-refractivity contribution in [1.82, 2.24) is 9.88 Å². The number of hydrogen-bond donors (Lipinski definition) is 3. The number of aromatic amines is 1. The Bertz CT molecular complexity index is 1490. The number of carbonyl (C=O) groups excluding carboxylic acids is 2. The average Bonchev–Trinajstić information content (AvgIpc) is 3.62. The lowest BCUT2D eigenvalue weighted by Crippen LogP contribution is -2.33. The number of aromatic nitrogens is 1. The molecule has 0 spiro atoms. The Labute approximate surface area is 211 Å². The number of aromatic hydroxyl groups is 1. The van der Waals surface area contributed by atoms with Gasteiger partial charge in [-0.1, -0.05) is 12.1 Å². The highest BCUT2D eigenvalue weighted by Gasteiger charge is 2.44. The number of phenolic OH excluding ortho intramolecular Hbond substituents is 1. The molecule has 8 nitrogen and oxygen atoms in total. The number of rotatable bonds is 8. The topological polar surface area (TPSA) is 112 Å². The van der Waals surface area contributed by atoms with E-state index < -0.39 is 23.5 Å². The summed E-state index contributed by atoms with van der Waals surface area (Å²) >= 11 is 1.24. The summed E-state index contributed by atoms with van der Waals surface area (Å²) in [6, 6.07) is 12.9. The maximum Gasteiger partial charge on any atom is 0.290 e. The summed E-state index contributed by atoms with van der Waals surface area (Å²) in [7, 11) is 3.03. The number of benzene rings is 2. The van der Waals surface area contributed by atoms with Crippen LogP contribution in [0.3, 0.4) is 0 Å². The predicted octanol–water partition coefficient (Wildman–Crippen LogP) is 4.77. The first-order chi connectivity index (χ1) is 17.4. The van der Waals surface area contributed by atoms with E-state index in [1.807, 2.05) is 24.4 Å². The van der Waals surface area contributed by atoms with Gasteiger partial charge in [-0.3, -0.25) is 9.59 Å². The number of fused-ring (bicyclic) bond motifs is 1. The number of phenols is 1. The molecule has 184 valence electrons. The van der Waals surface area contributed by atoms with Crippen molar-refractivity contribution in [2.75, 3.05) is 20.8 Å². The van der Waals surface area contributed by atoms with Crippen LogP contribution < -0.4 is 9.47 Å². The summed E-state index contributed by atoms with van der Waals surface area (Å²) in [5.74, 6) is -0.734. The second kappa shape index (κ2) is 9.43. The molecule has 0 saturated heterocycles. The van der Waals surface area contributed by atoms with Gasteiger partial charge in [0.25, 0.3) is 5.91 Å². The summed E-state index contributed by atoms with van der Waals surface area (Å²) in [4.78, 5) is 31.8. The molecule has 36 heavy (non-hydrogen) atoms. The van der Waals surface area contributed by atoms with E-state index in [4.69, 9.17) is 9.47 Å². The van der Waals surface area contributed by atoms with Crippen molar-refractivity contribution in [3.05, 3.63) is 87.4 Å². The third-order valence-corrected chi connectivity index (χ3v) is 7.28. The third kappa shape index (κ3) is 3.97. The molecular formula is C27H24N2O6S. The van der Waals surface area contributed by atoms with E-state index in [-0.39, 0.29) is 23.6 Å². The van der Waals surface area contributed by atoms with Crippen LogP contribution in [0.5, 0.6) is 17.2 Å². The number of H-pyrrole nitrogens is 1. The largest absolute Gasteiger partial charge is 0.504 e. The van der Waals surface area contributed by atoms with Crippen LogP contribution in [0.2, 0.25) is 0 Å². The Morgan fingerprint density at radius 1 is 1.11 bits per heavy atom. The molecule has 1 aliphatic heterocycles. The molecular weight excluding hydrogens is 480 g/mol. The summed E-state index contributed by atoms with van der Waals surface area (Å²) in [6.07, 6.45) is 2.35. The first-order valence-electron chi connectivity index (χ1n) is 11.3. The van der Waals surface area contributed by atoms with E-state index in [9.17, 15) is 19.8 Å². The van der Waals surface area contributed by atoms with Crippen molar-refractivity contribution in [2.24, 2.45) is 0 Å². The van der Waals surface area contributed by atoms with Crippen molar-refractivity contribution in [2.45, 2.75) is 12.5 Å². The van der Waals surface area contributed by atoms with Crippen LogP contribution in [-0.2, 0) is 11.2 Å². The zero-order chi connectivity index (χ0) is 25.4. The Morgan fingerprint density at radius 3 is 2.67 bits per heavy atom. The SMILES string of the molecule is COc1ccc2[nH]cc(CCN3C(=O)C(O)=C(C(=O)c4cccs4)[C@@H]3c3ccc(O)c(OC)c3)c2c1. The van der Waals surface area contributed by atoms with Crippen LogP contribution in [0.4, 0.5) is 0 Å². The van der Waals surface area contributed by atoms with Gasteiger partial charge in [-0.15, -0.1) is 11.3 Å². The molecule has 1 amide bonds. The average molecular weight is 505 g/mol. The Kier molecular flexibility index (Phi) is 6.15. The van der Waals surface area contributed by atoms with Gasteiger partial charge in [0.1, 0.15) is 5.75 Å². The molecule has 0 fully saturated rings. The van der Waals surface area contributed by atoms with Gasteiger partial charge in [-0.25, -0.2) is 0 Å². The molecule has 0 aliphatic carbocycles. The number of nitrogens with one attached hydrogen (secondary N) is 1. The number of nitrogens with zero attached hydrogens (tertiary/aromatic N) is 1. The molecule has 3 heterocycles. The van der Waals surface area contributed by atoms with Crippen LogP contribution in [0, 0.1) is 0 Å². The standard InChI is InChI=1S/C27H24N2O6S/c1-34-17-6-7-19-18(13-17)16(14-28-19)9-10-29-24(15-5-8-20(30)21(12-15)35-2)23(26(32)27(29)33)25(31)22-4-3-11-36-22/h3-8,11-14,24,28,30,32H,9-10H2,1-2H3/t24-/m0/s1. The number of hydrogen-bond acceptors (Lipinski definition) is 7. The molecule has 0 radical (unpaired) electrons. The van der Waals surface area contributed by atoms with Crippen LogP contribution in [0.15, 0.2) is 71.4 Å². The fourth-order valence-corrected chi connectivity index (χ4v) is 5.28. The highest BCUT2D eigenvalue weighted by Crippen LogP contribution is 2.42. The maximum absolute atomic E-state index is 13.4. The Morgan fingerprint density at radius 2 is 1.94 bits per heavy atom. The Balaban J connectivity index is 1.53. The van der Waals surface area contributed by atoms with Gasteiger partial charge in [-0.05, 0) is 59.3 Å². The predicted molar refractivity (Wildman–Crippen MR) is 136 cm³/mol. The highest BCUT2D eigenvalue weighted by atomic mass is 32.1. The number of methoxy groups -OCH3 is 2. The molecule has 2 aromatic heterocycles. The lowest BCUT2D eigenvalue weighted by molar-refractivity contribution is -0.129. The maximum atomic E-state index is 13.4. The van der Waals surface area contributed by atoms with Crippen molar-refractivity contribution in [3.8, 4) is 17.2 Å². The van der Waals surface area contributed by atoms with E-state index >= 15 is 0 Å². The molecule has 5 rings (SSSR count). The van der Waals surface area contributed by atoms with Crippen LogP contribution >= 0.6 is 11.3 Å². The highest BCUT2D eigenvalue weighted by molar-refractivity contribution is 7.12. The number of thiophene rings is 1. The fraction of sp³-hybridized carbons (Fsp3) is 0.185. The Hall–Kier alpha value is -4.24. The zero-order valence-corrected chi connectivity index (χ0v) is 20.5. The molecule has 1 aliphatic rings. The molecule has 0 saturated carbocycles. The summed E-state index contributed by atoms with van der Waals surface area (Å²) in [5, 5.41) is 23.7. The van der Waals surface area contributed by atoms with Gasteiger partial charge in [0.2, 0.25) is 5.78 Å². The molecule has 1 atom stereocenters. The normalized spacial score (nSPS) is 15.7. The monoisotopic (exact) mass is 504 g/mol. The van der Waals surface area contributed by atoms with Crippen LogP contribution in [-0.4, -0.2) is 52.6 Å². The molecule has 9 heteroatoms. The van der Waals surface area contributed by atoms with Gasteiger partial charge < -0.3 is 29.6 Å². The van der Waals surface area contributed by atoms with Crippen molar-refractivity contribution in [1.29, 1.82) is 0 Å². The van der Waals surface area contributed by atoms with Crippen LogP contribution in [0.1, 0.15) is 26.8 Å². The lowest BCUT2D eigenvalue weighted by atomic mass is 9.95. The second-order valence-corrected chi connectivity index (χ2v) is 9.32. The third-order valence-electron chi connectivity index (χ3n) is 6.41.